The quantitative estimate of drug-likeness (QED) is 0.611. The van der Waals surface area contributed by atoms with Gasteiger partial charge < -0.3 is 9.84 Å². The summed E-state index contributed by atoms with van der Waals surface area (Å²) in [5.41, 5.74) is 0. The minimum atomic E-state index is -0.488. The first kappa shape index (κ1) is 8.53. The molecular formula is C8H14O3. The number of aliphatic hydroxyl groups is 1. The number of ether oxygens (including phenoxy) is 1. The van der Waals surface area contributed by atoms with Crippen LogP contribution in [0.15, 0.2) is 0 Å². The fourth-order valence-corrected chi connectivity index (χ4v) is 1.29. The molecule has 0 aromatic rings. The zero-order chi connectivity index (χ0) is 8.43. The van der Waals surface area contributed by atoms with E-state index >= 15 is 0 Å². The standard InChI is InChI=1S/C8H14O3/c1-5-3-6(5)7(9)4-8(10)11-2/h5-7,9H,3-4H2,1-2H3. The minimum absolute atomic E-state index is 0.144. The molecule has 1 rings (SSSR count). The third-order valence-electron chi connectivity index (χ3n) is 2.27. The van der Waals surface area contributed by atoms with Crippen molar-refractivity contribution in [1.29, 1.82) is 0 Å². The molecule has 0 aliphatic heterocycles. The molecule has 0 spiro atoms. The summed E-state index contributed by atoms with van der Waals surface area (Å²) in [6, 6.07) is 0. The summed E-state index contributed by atoms with van der Waals surface area (Å²) >= 11 is 0. The molecule has 3 atom stereocenters. The largest absolute Gasteiger partial charge is 0.469 e. The molecule has 1 N–H and O–H groups in total. The summed E-state index contributed by atoms with van der Waals surface area (Å²) in [5, 5.41) is 9.36. The van der Waals surface area contributed by atoms with Crippen molar-refractivity contribution in [1.82, 2.24) is 0 Å². The van der Waals surface area contributed by atoms with Gasteiger partial charge in [0.05, 0.1) is 19.6 Å². The lowest BCUT2D eigenvalue weighted by atomic mass is 10.1. The Bertz CT molecular complexity index is 155. The van der Waals surface area contributed by atoms with Gasteiger partial charge in [0.1, 0.15) is 0 Å². The van der Waals surface area contributed by atoms with Crippen molar-refractivity contribution >= 4 is 5.97 Å². The highest BCUT2D eigenvalue weighted by Gasteiger charge is 2.39. The Hall–Kier alpha value is -0.570. The smallest absolute Gasteiger partial charge is 0.308 e. The van der Waals surface area contributed by atoms with Crippen LogP contribution in [0.25, 0.3) is 0 Å². The van der Waals surface area contributed by atoms with E-state index in [0.717, 1.165) is 6.42 Å². The van der Waals surface area contributed by atoms with E-state index in [1.807, 2.05) is 0 Å². The highest BCUT2D eigenvalue weighted by molar-refractivity contribution is 5.69. The molecule has 0 heterocycles. The monoisotopic (exact) mass is 158 g/mol. The van der Waals surface area contributed by atoms with Crippen molar-refractivity contribution in [3.63, 3.8) is 0 Å². The molecule has 0 amide bonds. The molecule has 0 radical (unpaired) electrons. The molecule has 3 nitrogen and oxygen atoms in total. The first-order valence-electron chi connectivity index (χ1n) is 3.90. The van der Waals surface area contributed by atoms with Crippen LogP contribution in [0.2, 0.25) is 0 Å². The molecule has 0 saturated heterocycles. The maximum absolute atomic E-state index is 10.7. The van der Waals surface area contributed by atoms with Crippen molar-refractivity contribution in [2.24, 2.45) is 11.8 Å². The van der Waals surface area contributed by atoms with Gasteiger partial charge in [0.15, 0.2) is 0 Å². The first-order valence-corrected chi connectivity index (χ1v) is 3.90. The van der Waals surface area contributed by atoms with Gasteiger partial charge in [-0.05, 0) is 18.3 Å². The van der Waals surface area contributed by atoms with Crippen LogP contribution in [0.3, 0.4) is 0 Å². The average molecular weight is 158 g/mol. The normalized spacial score (nSPS) is 31.2. The van der Waals surface area contributed by atoms with Crippen molar-refractivity contribution in [3.8, 4) is 0 Å². The number of carbonyl (C=O) groups excluding carboxylic acids is 1. The summed E-state index contributed by atoms with van der Waals surface area (Å²) in [6.07, 6.45) is 0.696. The second kappa shape index (κ2) is 3.22. The summed E-state index contributed by atoms with van der Waals surface area (Å²) in [5.74, 6) is 0.584. The van der Waals surface area contributed by atoms with Crippen LogP contribution in [-0.2, 0) is 9.53 Å². The van der Waals surface area contributed by atoms with Gasteiger partial charge in [0, 0.05) is 0 Å². The average Bonchev–Trinajstić information content (AvgIpc) is 2.66. The van der Waals surface area contributed by atoms with Crippen LogP contribution >= 0.6 is 0 Å². The molecule has 3 heteroatoms. The predicted octanol–water partition coefficient (Wildman–Crippen LogP) is 0.566. The molecule has 0 bridgehead atoms. The fraction of sp³-hybridized carbons (Fsp3) is 0.875. The minimum Gasteiger partial charge on any atom is -0.469 e. The van der Waals surface area contributed by atoms with Gasteiger partial charge in [0.25, 0.3) is 0 Å². The van der Waals surface area contributed by atoms with E-state index in [0.29, 0.717) is 11.8 Å². The SMILES string of the molecule is COC(=O)CC(O)C1CC1C. The topological polar surface area (TPSA) is 46.5 Å². The Morgan fingerprint density at radius 1 is 1.82 bits per heavy atom. The van der Waals surface area contributed by atoms with Crippen LogP contribution in [0.4, 0.5) is 0 Å². The molecule has 1 aliphatic rings. The summed E-state index contributed by atoms with van der Waals surface area (Å²) < 4.78 is 4.44. The predicted molar refractivity (Wildman–Crippen MR) is 39.9 cm³/mol. The van der Waals surface area contributed by atoms with Crippen molar-refractivity contribution < 1.29 is 14.6 Å². The van der Waals surface area contributed by atoms with Crippen LogP contribution in [-0.4, -0.2) is 24.3 Å². The number of carbonyl (C=O) groups is 1. The lowest BCUT2D eigenvalue weighted by molar-refractivity contribution is -0.143. The second-order valence-corrected chi connectivity index (χ2v) is 3.22. The van der Waals surface area contributed by atoms with E-state index in [1.54, 1.807) is 0 Å². The van der Waals surface area contributed by atoms with Crippen LogP contribution in [0, 0.1) is 11.8 Å². The van der Waals surface area contributed by atoms with Crippen molar-refractivity contribution in [3.05, 3.63) is 0 Å². The van der Waals surface area contributed by atoms with Gasteiger partial charge in [0.2, 0.25) is 0 Å². The van der Waals surface area contributed by atoms with Crippen LogP contribution < -0.4 is 0 Å². The van der Waals surface area contributed by atoms with Gasteiger partial charge in [-0.2, -0.15) is 0 Å². The maximum atomic E-state index is 10.7. The van der Waals surface area contributed by atoms with E-state index in [1.165, 1.54) is 7.11 Å². The summed E-state index contributed by atoms with van der Waals surface area (Å²) in [4.78, 5) is 10.7. The molecule has 1 saturated carbocycles. The molecule has 64 valence electrons. The Kier molecular flexibility index (Phi) is 2.49. The lowest BCUT2D eigenvalue weighted by Gasteiger charge is -2.06. The highest BCUT2D eigenvalue weighted by Crippen LogP contribution is 2.41. The van der Waals surface area contributed by atoms with Gasteiger partial charge >= 0.3 is 5.97 Å². The number of esters is 1. The zero-order valence-electron chi connectivity index (χ0n) is 6.91. The fourth-order valence-electron chi connectivity index (χ4n) is 1.29. The molecule has 0 aromatic carbocycles. The van der Waals surface area contributed by atoms with Crippen LogP contribution in [0.5, 0.6) is 0 Å². The van der Waals surface area contributed by atoms with Gasteiger partial charge in [-0.1, -0.05) is 6.92 Å². The zero-order valence-corrected chi connectivity index (χ0v) is 6.91. The molecule has 1 fully saturated rings. The number of hydrogen-bond acceptors (Lipinski definition) is 3. The number of methoxy groups -OCH3 is 1. The number of hydrogen-bond donors (Lipinski definition) is 1. The highest BCUT2D eigenvalue weighted by atomic mass is 16.5. The van der Waals surface area contributed by atoms with Crippen molar-refractivity contribution in [2.75, 3.05) is 7.11 Å². The molecule has 0 aromatic heterocycles. The molecule has 3 unspecified atom stereocenters. The Morgan fingerprint density at radius 2 is 2.36 bits per heavy atom. The van der Waals surface area contributed by atoms with Gasteiger partial charge in [-0.15, -0.1) is 0 Å². The lowest BCUT2D eigenvalue weighted by Crippen LogP contribution is -2.17. The Morgan fingerprint density at radius 3 is 2.73 bits per heavy atom. The molecule has 11 heavy (non-hydrogen) atoms. The van der Waals surface area contributed by atoms with Crippen LogP contribution in [0.1, 0.15) is 19.8 Å². The number of aliphatic hydroxyl groups excluding tert-OH is 1. The molecular weight excluding hydrogens is 144 g/mol. The molecule has 1 aliphatic carbocycles. The maximum Gasteiger partial charge on any atom is 0.308 e. The van der Waals surface area contributed by atoms with E-state index in [4.69, 9.17) is 0 Å². The third-order valence-corrected chi connectivity index (χ3v) is 2.27. The van der Waals surface area contributed by atoms with E-state index in [2.05, 4.69) is 11.7 Å². The van der Waals surface area contributed by atoms with Gasteiger partial charge in [-0.3, -0.25) is 4.79 Å². The van der Waals surface area contributed by atoms with Gasteiger partial charge in [-0.25, -0.2) is 0 Å². The van der Waals surface area contributed by atoms with E-state index < -0.39 is 6.10 Å². The Balaban J connectivity index is 2.21. The third kappa shape index (κ3) is 2.19. The van der Waals surface area contributed by atoms with E-state index in [-0.39, 0.29) is 12.4 Å². The summed E-state index contributed by atoms with van der Waals surface area (Å²) in [6.45, 7) is 2.07. The van der Waals surface area contributed by atoms with E-state index in [9.17, 15) is 9.90 Å². The summed E-state index contributed by atoms with van der Waals surface area (Å²) in [7, 11) is 1.34. The second-order valence-electron chi connectivity index (χ2n) is 3.22. The number of rotatable bonds is 3. The first-order chi connectivity index (χ1) is 5.15. The Labute approximate surface area is 66.4 Å². The van der Waals surface area contributed by atoms with Crippen molar-refractivity contribution in [2.45, 2.75) is 25.9 Å².